The Morgan fingerprint density at radius 1 is 1.29 bits per heavy atom. The van der Waals surface area contributed by atoms with Gasteiger partial charge >= 0.3 is 12.1 Å². The molecule has 3 heterocycles. The zero-order valence-electron chi connectivity index (χ0n) is 18.4. The smallest absolute Gasteiger partial charge is 0.414 e. The van der Waals surface area contributed by atoms with Crippen LogP contribution in [0.4, 0.5) is 37.3 Å². The molecule has 2 aromatic rings. The van der Waals surface area contributed by atoms with Crippen LogP contribution in [0.5, 0.6) is 0 Å². The Balaban J connectivity index is 1.37. The maximum absolute atomic E-state index is 15.0. The van der Waals surface area contributed by atoms with Crippen LogP contribution >= 0.6 is 0 Å². The first kappa shape index (κ1) is 23.0. The normalized spacial score (nSPS) is 18.5. The molecule has 0 bridgehead atoms. The number of nitrogens with one attached hydrogen (secondary N) is 4. The third kappa shape index (κ3) is 5.25. The van der Waals surface area contributed by atoms with Gasteiger partial charge in [0.25, 0.3) is 0 Å². The average Bonchev–Trinajstić information content (AvgIpc) is 3.27. The first-order valence-electron chi connectivity index (χ1n) is 10.6. The number of nitrogens with zero attached hydrogens (tertiary/aromatic N) is 5. The van der Waals surface area contributed by atoms with Crippen LogP contribution in [0.3, 0.4) is 0 Å². The summed E-state index contributed by atoms with van der Waals surface area (Å²) in [5.41, 5.74) is 9.13. The van der Waals surface area contributed by atoms with Crippen molar-refractivity contribution in [1.29, 1.82) is 0 Å². The van der Waals surface area contributed by atoms with Crippen molar-refractivity contribution in [3.8, 4) is 0 Å². The van der Waals surface area contributed by atoms with Gasteiger partial charge in [-0.2, -0.15) is 0 Å². The monoisotopic (exact) mass is 476 g/mol. The maximum atomic E-state index is 15.0. The van der Waals surface area contributed by atoms with Crippen LogP contribution in [-0.2, 0) is 9.53 Å². The van der Waals surface area contributed by atoms with Crippen LogP contribution in [0.15, 0.2) is 18.2 Å². The summed E-state index contributed by atoms with van der Waals surface area (Å²) >= 11 is 0. The van der Waals surface area contributed by atoms with Gasteiger partial charge in [-0.05, 0) is 18.2 Å². The summed E-state index contributed by atoms with van der Waals surface area (Å²) in [5.74, 6) is -0.539. The summed E-state index contributed by atoms with van der Waals surface area (Å²) in [5, 5.41) is 13.8. The van der Waals surface area contributed by atoms with Gasteiger partial charge in [0, 0.05) is 26.6 Å². The molecule has 2 saturated heterocycles. The molecule has 0 radical (unpaired) electrons. The number of hydrogen-bond acceptors (Lipinski definition) is 9. The van der Waals surface area contributed by atoms with E-state index >= 15 is 4.39 Å². The third-order valence-electron chi connectivity index (χ3n) is 5.29. The number of carbonyl (C=O) groups is 3. The highest BCUT2D eigenvalue weighted by molar-refractivity contribution is 5.90. The zero-order chi connectivity index (χ0) is 24.2. The number of halogens is 1. The number of benzene rings is 1. The number of amides is 4. The molecule has 1 atom stereocenters. The van der Waals surface area contributed by atoms with Gasteiger partial charge in [0.05, 0.1) is 31.0 Å². The molecule has 1 aromatic heterocycles. The number of H-pyrrole nitrogens is 1. The average molecular weight is 476 g/mol. The highest BCUT2D eigenvalue weighted by Crippen LogP contribution is 2.28. The minimum absolute atomic E-state index is 0.0784. The molecule has 2 fully saturated rings. The molecule has 2 aliphatic rings. The lowest BCUT2D eigenvalue weighted by Gasteiger charge is -2.24. The number of anilines is 4. The Labute approximate surface area is 193 Å². The highest BCUT2D eigenvalue weighted by Gasteiger charge is 2.33. The molecule has 4 rings (SSSR count). The number of cyclic esters (lactones) is 1. The third-order valence-corrected chi connectivity index (χ3v) is 5.29. The number of carbonyl (C=O) groups excluding carboxylic acids is 3. The van der Waals surface area contributed by atoms with E-state index in [1.165, 1.54) is 22.9 Å². The minimum Gasteiger partial charge on any atom is -0.442 e. The van der Waals surface area contributed by atoms with E-state index in [0.29, 0.717) is 31.0 Å². The second kappa shape index (κ2) is 9.78. The molecule has 1 aromatic carbocycles. The number of rotatable bonds is 5. The SMILES string of the molecule is CC(=O)NC[C@H]1CN(c2ccc(N3CCNN(C(=O)Nc4nnc(N)[nH]4)CC3)c(F)c2)C(=O)O1. The van der Waals surface area contributed by atoms with Crippen molar-refractivity contribution in [3.05, 3.63) is 24.0 Å². The fourth-order valence-corrected chi connectivity index (χ4v) is 3.66. The second-order valence-electron chi connectivity index (χ2n) is 7.72. The molecular weight excluding hydrogens is 451 g/mol. The van der Waals surface area contributed by atoms with Crippen LogP contribution in [-0.4, -0.2) is 83.6 Å². The molecule has 0 spiro atoms. The van der Waals surface area contributed by atoms with Crippen molar-refractivity contribution >= 4 is 41.3 Å². The molecule has 2 aliphatic heterocycles. The summed E-state index contributed by atoms with van der Waals surface area (Å²) in [4.78, 5) is 41.4. The van der Waals surface area contributed by atoms with E-state index in [1.54, 1.807) is 17.0 Å². The molecule has 14 nitrogen and oxygen atoms in total. The number of aromatic amines is 1. The summed E-state index contributed by atoms with van der Waals surface area (Å²) in [7, 11) is 0. The number of aromatic nitrogens is 3. The van der Waals surface area contributed by atoms with Crippen LogP contribution < -0.4 is 31.6 Å². The molecule has 4 amide bonds. The summed E-state index contributed by atoms with van der Waals surface area (Å²) in [6, 6.07) is 4.04. The Hall–Kier alpha value is -4.14. The second-order valence-corrected chi connectivity index (χ2v) is 7.72. The fourth-order valence-electron chi connectivity index (χ4n) is 3.66. The van der Waals surface area contributed by atoms with Crippen molar-refractivity contribution in [3.63, 3.8) is 0 Å². The van der Waals surface area contributed by atoms with E-state index in [0.717, 1.165) is 0 Å². The van der Waals surface area contributed by atoms with E-state index < -0.39 is 24.0 Å². The largest absolute Gasteiger partial charge is 0.442 e. The summed E-state index contributed by atoms with van der Waals surface area (Å²) in [6.45, 7) is 3.22. The first-order chi connectivity index (χ1) is 16.3. The van der Waals surface area contributed by atoms with Gasteiger partial charge in [-0.25, -0.2) is 19.4 Å². The van der Waals surface area contributed by atoms with Crippen LogP contribution in [0, 0.1) is 5.82 Å². The molecule has 6 N–H and O–H groups in total. The Morgan fingerprint density at radius 2 is 2.12 bits per heavy atom. The lowest BCUT2D eigenvalue weighted by atomic mass is 10.2. The summed E-state index contributed by atoms with van der Waals surface area (Å²) in [6.07, 6.45) is -1.11. The zero-order valence-corrected chi connectivity index (χ0v) is 18.4. The van der Waals surface area contributed by atoms with E-state index in [-0.39, 0.29) is 37.4 Å². The lowest BCUT2D eigenvalue weighted by molar-refractivity contribution is -0.119. The van der Waals surface area contributed by atoms with Crippen LogP contribution in [0.1, 0.15) is 6.92 Å². The van der Waals surface area contributed by atoms with E-state index in [9.17, 15) is 14.4 Å². The van der Waals surface area contributed by atoms with Crippen molar-refractivity contribution in [2.45, 2.75) is 13.0 Å². The van der Waals surface area contributed by atoms with E-state index in [1.807, 2.05) is 0 Å². The lowest BCUT2D eigenvalue weighted by Crippen LogP contribution is -2.46. The predicted octanol–water partition coefficient (Wildman–Crippen LogP) is -0.154. The molecular formula is C19H25FN10O4. The Bertz CT molecular complexity index is 1080. The number of urea groups is 1. The number of ether oxygens (including phenoxy) is 1. The Kier molecular flexibility index (Phi) is 6.62. The van der Waals surface area contributed by atoms with Crippen molar-refractivity contribution in [2.75, 3.05) is 60.1 Å². The van der Waals surface area contributed by atoms with Crippen LogP contribution in [0.25, 0.3) is 0 Å². The van der Waals surface area contributed by atoms with Gasteiger partial charge in [-0.1, -0.05) is 0 Å². The maximum Gasteiger partial charge on any atom is 0.414 e. The van der Waals surface area contributed by atoms with Gasteiger partial charge in [0.15, 0.2) is 0 Å². The van der Waals surface area contributed by atoms with Gasteiger partial charge in [0.1, 0.15) is 11.9 Å². The molecule has 182 valence electrons. The molecule has 15 heteroatoms. The van der Waals surface area contributed by atoms with Gasteiger partial charge in [-0.3, -0.25) is 25.0 Å². The molecule has 34 heavy (non-hydrogen) atoms. The van der Waals surface area contributed by atoms with Crippen molar-refractivity contribution < 1.29 is 23.5 Å². The number of nitrogens with two attached hydrogens (primary N) is 1. The first-order valence-corrected chi connectivity index (χ1v) is 10.6. The van der Waals surface area contributed by atoms with Gasteiger partial charge in [-0.15, -0.1) is 10.2 Å². The standard InChI is InChI=1S/C19H25FN10O4/c1-11(31)22-9-13-10-29(19(33)34-13)12-2-3-15(14(20)8-12)28-5-4-23-30(7-6-28)18(32)25-17-24-16(21)26-27-17/h2-3,8,13,23H,4-7,9-10H2,1H3,(H,22,31)(H4,21,24,25,26,27,32)/t13-/m0/s1. The molecule has 0 aliphatic carbocycles. The Morgan fingerprint density at radius 3 is 2.82 bits per heavy atom. The molecule has 0 unspecified atom stereocenters. The number of hydrogen-bond donors (Lipinski definition) is 5. The quantitative estimate of drug-likeness (QED) is 0.393. The fraction of sp³-hybridized carbons (Fsp3) is 0.421. The van der Waals surface area contributed by atoms with E-state index in [4.69, 9.17) is 10.5 Å². The van der Waals surface area contributed by atoms with Crippen molar-refractivity contribution in [1.82, 2.24) is 30.9 Å². The van der Waals surface area contributed by atoms with Crippen molar-refractivity contribution in [2.24, 2.45) is 0 Å². The number of hydrazine groups is 1. The predicted molar refractivity (Wildman–Crippen MR) is 119 cm³/mol. The summed E-state index contributed by atoms with van der Waals surface area (Å²) < 4.78 is 20.3. The van der Waals surface area contributed by atoms with Gasteiger partial charge < -0.3 is 20.7 Å². The molecule has 0 saturated carbocycles. The van der Waals surface area contributed by atoms with Crippen LogP contribution in [0.2, 0.25) is 0 Å². The highest BCUT2D eigenvalue weighted by atomic mass is 19.1. The minimum atomic E-state index is -0.600. The topological polar surface area (TPSA) is 174 Å². The van der Waals surface area contributed by atoms with Gasteiger partial charge in [0.2, 0.25) is 17.8 Å². The van der Waals surface area contributed by atoms with E-state index in [2.05, 4.69) is 31.2 Å². The number of nitrogen functional groups attached to an aromatic ring is 1.